The van der Waals surface area contributed by atoms with Crippen LogP contribution in [0.1, 0.15) is 55.6 Å². The summed E-state index contributed by atoms with van der Waals surface area (Å²) in [7, 11) is 3.07. The molecule has 1 amide bonds. The Kier molecular flexibility index (Phi) is 7.73. The molecule has 0 aliphatic carbocycles. The molecule has 31 heavy (non-hydrogen) atoms. The van der Waals surface area contributed by atoms with Crippen LogP contribution in [0.2, 0.25) is 0 Å². The second-order valence-electron chi connectivity index (χ2n) is 8.25. The Hall–Kier alpha value is -2.81. The lowest BCUT2D eigenvalue weighted by molar-refractivity contribution is 0.0938. The lowest BCUT2D eigenvalue weighted by Crippen LogP contribution is -2.39. The maximum Gasteiger partial charge on any atom is 0.273 e. The number of rotatable bonds is 9. The summed E-state index contributed by atoms with van der Waals surface area (Å²) in [5.41, 5.74) is 1.38. The van der Waals surface area contributed by atoms with E-state index in [-0.39, 0.29) is 17.7 Å². The Labute approximate surface area is 183 Å². The van der Waals surface area contributed by atoms with Gasteiger partial charge in [-0.1, -0.05) is 11.6 Å². The summed E-state index contributed by atoms with van der Waals surface area (Å²) in [6.45, 7) is 6.29. The number of aromatic hydroxyl groups is 1. The van der Waals surface area contributed by atoms with Gasteiger partial charge in [-0.2, -0.15) is 0 Å². The number of ether oxygens (including phenoxy) is 2. The summed E-state index contributed by atoms with van der Waals surface area (Å²) < 4.78 is 12.3. The topological polar surface area (TPSA) is 102 Å². The van der Waals surface area contributed by atoms with Crippen molar-refractivity contribution in [3.63, 3.8) is 0 Å². The van der Waals surface area contributed by atoms with Crippen LogP contribution >= 0.6 is 0 Å². The van der Waals surface area contributed by atoms with Gasteiger partial charge in [0.25, 0.3) is 5.91 Å². The predicted molar refractivity (Wildman–Crippen MR) is 117 cm³/mol. The van der Waals surface area contributed by atoms with Crippen molar-refractivity contribution >= 4 is 5.91 Å². The molecule has 1 fully saturated rings. The summed E-state index contributed by atoms with van der Waals surface area (Å²) in [6.07, 6.45) is 6.10. The van der Waals surface area contributed by atoms with Crippen molar-refractivity contribution in [3.05, 3.63) is 29.6 Å². The molecule has 1 aliphatic heterocycles. The van der Waals surface area contributed by atoms with Gasteiger partial charge in [0.15, 0.2) is 17.2 Å². The molecule has 2 aromatic rings. The molecule has 0 spiro atoms. The van der Waals surface area contributed by atoms with Gasteiger partial charge in [0, 0.05) is 25.2 Å². The van der Waals surface area contributed by atoms with E-state index in [2.05, 4.69) is 20.5 Å². The fourth-order valence-corrected chi connectivity index (χ4v) is 4.00. The number of carbonyl (C=O) groups excluding carboxylic acids is 1. The number of aromatic nitrogens is 3. The first kappa shape index (κ1) is 22.9. The number of nitrogens with zero attached hydrogens (tertiary/aromatic N) is 4. The third-order valence-corrected chi connectivity index (χ3v) is 5.56. The summed E-state index contributed by atoms with van der Waals surface area (Å²) in [4.78, 5) is 14.5. The zero-order valence-electron chi connectivity index (χ0n) is 18.8. The van der Waals surface area contributed by atoms with E-state index in [0.717, 1.165) is 37.9 Å². The van der Waals surface area contributed by atoms with Crippen LogP contribution in [0.25, 0.3) is 0 Å². The number of phenolic OH excluding ortho intramolecular Hbond substituents is 1. The second-order valence-corrected chi connectivity index (χ2v) is 8.25. The fourth-order valence-electron chi connectivity index (χ4n) is 4.00. The number of nitrogens with one attached hydrogen (secondary N) is 1. The zero-order valence-corrected chi connectivity index (χ0v) is 18.8. The van der Waals surface area contributed by atoms with Crippen molar-refractivity contribution < 1.29 is 19.4 Å². The van der Waals surface area contributed by atoms with E-state index in [1.54, 1.807) is 10.9 Å². The van der Waals surface area contributed by atoms with Crippen LogP contribution < -0.4 is 14.8 Å². The molecule has 1 aliphatic rings. The maximum atomic E-state index is 12.1. The van der Waals surface area contributed by atoms with E-state index in [9.17, 15) is 9.90 Å². The summed E-state index contributed by atoms with van der Waals surface area (Å²) in [5, 5.41) is 21.1. The van der Waals surface area contributed by atoms with E-state index < -0.39 is 0 Å². The molecule has 0 radical (unpaired) electrons. The maximum absolute atomic E-state index is 12.1. The van der Waals surface area contributed by atoms with Crippen LogP contribution in [0.15, 0.2) is 18.3 Å². The molecular weight excluding hydrogens is 398 g/mol. The van der Waals surface area contributed by atoms with Gasteiger partial charge in [-0.05, 0) is 57.4 Å². The minimum atomic E-state index is -0.198. The number of phenols is 1. The van der Waals surface area contributed by atoms with Crippen LogP contribution in [0.5, 0.6) is 17.2 Å². The molecule has 0 saturated carbocycles. The van der Waals surface area contributed by atoms with E-state index in [1.165, 1.54) is 20.6 Å². The Morgan fingerprint density at radius 1 is 1.26 bits per heavy atom. The standard InChI is InChI=1S/C22H33N5O4/c1-15(2)23-22(29)18-14-27(25-24-18)10-8-17-7-5-6-9-26(17)13-16-11-19(30-3)21(28)20(12-16)31-4/h11-12,14-15,17,28H,5-10,13H2,1-4H3,(H,23,29). The third-order valence-electron chi connectivity index (χ3n) is 5.56. The molecule has 2 N–H and O–H groups in total. The lowest BCUT2D eigenvalue weighted by Gasteiger charge is -2.36. The summed E-state index contributed by atoms with van der Waals surface area (Å²) in [6, 6.07) is 4.18. The van der Waals surface area contributed by atoms with Gasteiger partial charge >= 0.3 is 0 Å². The van der Waals surface area contributed by atoms with Gasteiger partial charge in [-0.25, -0.2) is 0 Å². The minimum absolute atomic E-state index is 0.0208. The van der Waals surface area contributed by atoms with E-state index in [0.29, 0.717) is 29.8 Å². The van der Waals surface area contributed by atoms with E-state index in [4.69, 9.17) is 9.47 Å². The number of benzene rings is 1. The Balaban J connectivity index is 1.64. The van der Waals surface area contributed by atoms with Crippen LogP contribution in [-0.4, -0.2) is 63.8 Å². The van der Waals surface area contributed by atoms with Crippen LogP contribution in [-0.2, 0) is 13.1 Å². The molecule has 9 heteroatoms. The van der Waals surface area contributed by atoms with Gasteiger partial charge in [0.2, 0.25) is 5.75 Å². The van der Waals surface area contributed by atoms with Gasteiger partial charge in [0.1, 0.15) is 0 Å². The molecular formula is C22H33N5O4. The average molecular weight is 432 g/mol. The first-order chi connectivity index (χ1) is 14.9. The third kappa shape index (κ3) is 5.88. The van der Waals surface area contributed by atoms with Crippen molar-refractivity contribution in [2.75, 3.05) is 20.8 Å². The number of likely N-dealkylation sites (tertiary alicyclic amines) is 1. The Morgan fingerprint density at radius 3 is 2.61 bits per heavy atom. The van der Waals surface area contributed by atoms with Crippen LogP contribution in [0.4, 0.5) is 0 Å². The normalized spacial score (nSPS) is 17.0. The number of carbonyl (C=O) groups is 1. The van der Waals surface area contributed by atoms with Gasteiger partial charge in [-0.15, -0.1) is 5.10 Å². The first-order valence-electron chi connectivity index (χ1n) is 10.8. The highest BCUT2D eigenvalue weighted by atomic mass is 16.5. The van der Waals surface area contributed by atoms with Crippen molar-refractivity contribution in [1.82, 2.24) is 25.2 Å². The Morgan fingerprint density at radius 2 is 1.97 bits per heavy atom. The second kappa shape index (κ2) is 10.5. The molecule has 1 aromatic heterocycles. The van der Waals surface area contributed by atoms with Crippen molar-refractivity contribution in [1.29, 1.82) is 0 Å². The number of aryl methyl sites for hydroxylation is 1. The number of piperidine rings is 1. The van der Waals surface area contributed by atoms with Crippen LogP contribution in [0.3, 0.4) is 0 Å². The van der Waals surface area contributed by atoms with E-state index in [1.807, 2.05) is 26.0 Å². The molecule has 1 aromatic carbocycles. The van der Waals surface area contributed by atoms with Gasteiger partial charge in [-0.3, -0.25) is 14.4 Å². The lowest BCUT2D eigenvalue weighted by atomic mass is 9.98. The van der Waals surface area contributed by atoms with Crippen molar-refractivity contribution in [3.8, 4) is 17.2 Å². The Bertz CT molecular complexity index is 858. The SMILES string of the molecule is COc1cc(CN2CCCCC2CCn2cc(C(=O)NC(C)C)nn2)cc(OC)c1O. The summed E-state index contributed by atoms with van der Waals surface area (Å²) >= 11 is 0. The van der Waals surface area contributed by atoms with E-state index >= 15 is 0 Å². The molecule has 3 rings (SSSR count). The highest BCUT2D eigenvalue weighted by molar-refractivity contribution is 5.91. The highest BCUT2D eigenvalue weighted by Gasteiger charge is 2.24. The smallest absolute Gasteiger partial charge is 0.273 e. The molecule has 9 nitrogen and oxygen atoms in total. The van der Waals surface area contributed by atoms with Crippen molar-refractivity contribution in [2.45, 2.75) is 64.7 Å². The quantitative estimate of drug-likeness (QED) is 0.629. The average Bonchev–Trinajstić information content (AvgIpc) is 3.23. The minimum Gasteiger partial charge on any atom is -0.502 e. The molecule has 1 saturated heterocycles. The number of methoxy groups -OCH3 is 2. The first-order valence-corrected chi connectivity index (χ1v) is 10.8. The molecule has 170 valence electrons. The number of hydrogen-bond donors (Lipinski definition) is 2. The zero-order chi connectivity index (χ0) is 22.4. The molecule has 1 atom stereocenters. The summed E-state index contributed by atoms with van der Waals surface area (Å²) in [5.74, 6) is 0.652. The van der Waals surface area contributed by atoms with Crippen molar-refractivity contribution in [2.24, 2.45) is 0 Å². The number of hydrogen-bond acceptors (Lipinski definition) is 7. The highest BCUT2D eigenvalue weighted by Crippen LogP contribution is 2.37. The van der Waals surface area contributed by atoms with Gasteiger partial charge in [0.05, 0.1) is 20.4 Å². The fraction of sp³-hybridized carbons (Fsp3) is 0.591. The van der Waals surface area contributed by atoms with Crippen LogP contribution in [0, 0.1) is 0 Å². The number of amides is 1. The van der Waals surface area contributed by atoms with Gasteiger partial charge < -0.3 is 19.9 Å². The monoisotopic (exact) mass is 431 g/mol. The molecule has 1 unspecified atom stereocenters. The predicted octanol–water partition coefficient (Wildman–Crippen LogP) is 2.58. The molecule has 2 heterocycles. The molecule has 0 bridgehead atoms. The largest absolute Gasteiger partial charge is 0.502 e.